The Hall–Kier alpha value is -1.58. The van der Waals surface area contributed by atoms with Gasteiger partial charge in [-0.05, 0) is 31.1 Å². The predicted molar refractivity (Wildman–Crippen MR) is 89.9 cm³/mol. The first-order chi connectivity index (χ1) is 9.85. The van der Waals surface area contributed by atoms with Crippen molar-refractivity contribution in [2.24, 2.45) is 5.92 Å². The highest BCUT2D eigenvalue weighted by atomic mass is 14.0. The lowest BCUT2D eigenvalue weighted by Crippen LogP contribution is -1.90. The minimum atomic E-state index is 0.0964. The predicted octanol–water partition coefficient (Wildman–Crippen LogP) is 5.35. The highest BCUT2D eigenvalue weighted by Crippen LogP contribution is 2.02. The van der Waals surface area contributed by atoms with Gasteiger partial charge in [0.05, 0.1) is 5.92 Å². The van der Waals surface area contributed by atoms with Gasteiger partial charge in [0.25, 0.3) is 0 Å². The highest BCUT2D eigenvalue weighted by molar-refractivity contribution is 5.30. The summed E-state index contributed by atoms with van der Waals surface area (Å²) in [6.45, 7) is 8.17. The van der Waals surface area contributed by atoms with Gasteiger partial charge in [0.15, 0.2) is 0 Å². The van der Waals surface area contributed by atoms with Gasteiger partial charge >= 0.3 is 0 Å². The number of hydrogen-bond acceptors (Lipinski definition) is 0. The van der Waals surface area contributed by atoms with E-state index in [2.05, 4.69) is 55.9 Å². The first-order valence-corrected chi connectivity index (χ1v) is 7.92. The summed E-state index contributed by atoms with van der Waals surface area (Å²) < 4.78 is 0. The molecule has 0 aromatic carbocycles. The van der Waals surface area contributed by atoms with Crippen LogP contribution < -0.4 is 0 Å². The molecule has 0 saturated heterocycles. The largest absolute Gasteiger partial charge is 0.103 e. The summed E-state index contributed by atoms with van der Waals surface area (Å²) in [6.07, 6.45) is 12.0. The molecule has 0 heteroatoms. The topological polar surface area (TPSA) is 0 Å². The van der Waals surface area contributed by atoms with Crippen LogP contribution in [0.1, 0.15) is 71.6 Å². The van der Waals surface area contributed by atoms with Gasteiger partial charge in [-0.1, -0.05) is 63.4 Å². The molecule has 108 valence electrons. The zero-order valence-electron chi connectivity index (χ0n) is 13.2. The van der Waals surface area contributed by atoms with Crippen LogP contribution in [-0.4, -0.2) is 0 Å². The molecule has 0 aliphatic carbocycles. The van der Waals surface area contributed by atoms with E-state index in [0.29, 0.717) is 0 Å². The molecule has 0 amide bonds. The molecule has 0 spiro atoms. The lowest BCUT2D eigenvalue weighted by molar-refractivity contribution is 0.736. The van der Waals surface area contributed by atoms with Gasteiger partial charge < -0.3 is 0 Å². The maximum atomic E-state index is 3.76. The maximum absolute atomic E-state index is 3.76. The zero-order chi connectivity index (χ0) is 14.9. The molecule has 0 fully saturated rings. The fraction of sp³-hybridized carbons (Fsp3) is 0.600. The third-order valence-electron chi connectivity index (χ3n) is 2.89. The van der Waals surface area contributed by atoms with E-state index in [4.69, 9.17) is 0 Å². The number of hydrogen-bond donors (Lipinski definition) is 0. The summed E-state index contributed by atoms with van der Waals surface area (Å²) in [5.41, 5.74) is 0. The summed E-state index contributed by atoms with van der Waals surface area (Å²) >= 11 is 0. The van der Waals surface area contributed by atoms with Crippen LogP contribution in [0.3, 0.4) is 0 Å². The second-order valence-corrected chi connectivity index (χ2v) is 4.88. The first kappa shape index (κ1) is 18.4. The normalized spacial score (nSPS) is 10.1. The third kappa shape index (κ3) is 12.9. The molecule has 0 bridgehead atoms. The molecular weight excluding hydrogens is 240 g/mol. The molecular formula is C20H28. The van der Waals surface area contributed by atoms with Gasteiger partial charge in [0.2, 0.25) is 0 Å². The SMILES string of the molecule is C=CCC(C#CC#CCCCCC)C#CCCCCC. The number of unbranched alkanes of at least 4 members (excludes halogenated alkanes) is 6. The summed E-state index contributed by atoms with van der Waals surface area (Å²) in [6, 6.07) is 0. The first-order valence-electron chi connectivity index (χ1n) is 7.92. The average Bonchev–Trinajstić information content (AvgIpc) is 2.46. The van der Waals surface area contributed by atoms with Gasteiger partial charge in [0, 0.05) is 12.8 Å². The van der Waals surface area contributed by atoms with E-state index in [1.165, 1.54) is 38.5 Å². The van der Waals surface area contributed by atoms with E-state index in [-0.39, 0.29) is 5.92 Å². The summed E-state index contributed by atoms with van der Waals surface area (Å²) in [7, 11) is 0. The van der Waals surface area contributed by atoms with Crippen molar-refractivity contribution in [1.82, 2.24) is 0 Å². The van der Waals surface area contributed by atoms with E-state index >= 15 is 0 Å². The molecule has 1 unspecified atom stereocenters. The molecule has 0 heterocycles. The van der Waals surface area contributed by atoms with Crippen molar-refractivity contribution in [3.8, 4) is 35.5 Å². The third-order valence-corrected chi connectivity index (χ3v) is 2.89. The van der Waals surface area contributed by atoms with Crippen molar-refractivity contribution in [3.05, 3.63) is 12.7 Å². The standard InChI is InChI=1S/C20H28/c1-4-7-9-11-12-14-16-19-20(17-6-3)18-15-13-10-8-5-2/h6,20H,3-5,7-11,13,17H2,1-2H3. The van der Waals surface area contributed by atoms with E-state index in [9.17, 15) is 0 Å². The Bertz CT molecular complexity index is 408. The molecule has 20 heavy (non-hydrogen) atoms. The van der Waals surface area contributed by atoms with Crippen molar-refractivity contribution in [1.29, 1.82) is 0 Å². The fourth-order valence-corrected chi connectivity index (χ4v) is 1.67. The van der Waals surface area contributed by atoms with Crippen LogP contribution in [-0.2, 0) is 0 Å². The summed E-state index contributed by atoms with van der Waals surface area (Å²) in [5.74, 6) is 18.7. The van der Waals surface area contributed by atoms with Crippen LogP contribution in [0.5, 0.6) is 0 Å². The molecule has 0 radical (unpaired) electrons. The molecule has 0 saturated carbocycles. The Morgan fingerprint density at radius 2 is 1.50 bits per heavy atom. The Labute approximate surface area is 126 Å². The molecule has 1 atom stereocenters. The zero-order valence-corrected chi connectivity index (χ0v) is 13.2. The second kappa shape index (κ2) is 15.5. The molecule has 0 N–H and O–H groups in total. The van der Waals surface area contributed by atoms with Crippen LogP contribution in [0.15, 0.2) is 12.7 Å². The number of rotatable bonds is 8. The Balaban J connectivity index is 4.15. The van der Waals surface area contributed by atoms with Gasteiger partial charge in [-0.3, -0.25) is 0 Å². The second-order valence-electron chi connectivity index (χ2n) is 4.88. The quantitative estimate of drug-likeness (QED) is 0.316. The molecule has 0 nitrogen and oxygen atoms in total. The monoisotopic (exact) mass is 268 g/mol. The average molecular weight is 268 g/mol. The lowest BCUT2D eigenvalue weighted by atomic mass is 10.1. The van der Waals surface area contributed by atoms with E-state index < -0.39 is 0 Å². The van der Waals surface area contributed by atoms with Crippen molar-refractivity contribution in [2.45, 2.75) is 71.6 Å². The van der Waals surface area contributed by atoms with Crippen molar-refractivity contribution in [2.75, 3.05) is 0 Å². The van der Waals surface area contributed by atoms with E-state index in [1.807, 2.05) is 6.08 Å². The van der Waals surface area contributed by atoms with Crippen LogP contribution in [0, 0.1) is 41.4 Å². The van der Waals surface area contributed by atoms with Crippen molar-refractivity contribution in [3.63, 3.8) is 0 Å². The Kier molecular flexibility index (Phi) is 14.3. The Morgan fingerprint density at radius 1 is 0.850 bits per heavy atom. The van der Waals surface area contributed by atoms with Crippen molar-refractivity contribution >= 4 is 0 Å². The van der Waals surface area contributed by atoms with Gasteiger partial charge in [-0.15, -0.1) is 12.5 Å². The summed E-state index contributed by atoms with van der Waals surface area (Å²) in [5, 5.41) is 0. The fourth-order valence-electron chi connectivity index (χ4n) is 1.67. The molecule has 0 aliphatic heterocycles. The van der Waals surface area contributed by atoms with Crippen LogP contribution in [0.2, 0.25) is 0 Å². The van der Waals surface area contributed by atoms with Crippen LogP contribution in [0.25, 0.3) is 0 Å². The highest BCUT2D eigenvalue weighted by Gasteiger charge is 1.95. The van der Waals surface area contributed by atoms with E-state index in [1.54, 1.807) is 0 Å². The van der Waals surface area contributed by atoms with Gasteiger partial charge in [-0.25, -0.2) is 0 Å². The van der Waals surface area contributed by atoms with Crippen LogP contribution >= 0.6 is 0 Å². The smallest absolute Gasteiger partial charge is 0.0855 e. The summed E-state index contributed by atoms with van der Waals surface area (Å²) in [4.78, 5) is 0. The minimum Gasteiger partial charge on any atom is -0.103 e. The molecule has 0 rings (SSSR count). The Morgan fingerprint density at radius 3 is 2.10 bits per heavy atom. The maximum Gasteiger partial charge on any atom is 0.0855 e. The van der Waals surface area contributed by atoms with Crippen molar-refractivity contribution < 1.29 is 0 Å². The molecule has 0 aromatic heterocycles. The molecule has 0 aromatic rings. The number of allylic oxidation sites excluding steroid dienone is 1. The van der Waals surface area contributed by atoms with Gasteiger partial charge in [0.1, 0.15) is 0 Å². The van der Waals surface area contributed by atoms with E-state index in [0.717, 1.165) is 19.3 Å². The minimum absolute atomic E-state index is 0.0964. The molecule has 0 aliphatic rings. The van der Waals surface area contributed by atoms with Gasteiger partial charge in [-0.2, -0.15) is 0 Å². The van der Waals surface area contributed by atoms with Crippen LogP contribution in [0.4, 0.5) is 0 Å². The lowest BCUT2D eigenvalue weighted by Gasteiger charge is -1.96.